The Bertz CT molecular complexity index is 864. The summed E-state index contributed by atoms with van der Waals surface area (Å²) < 4.78 is 16.3. The van der Waals surface area contributed by atoms with Crippen molar-refractivity contribution in [3.63, 3.8) is 0 Å². The summed E-state index contributed by atoms with van der Waals surface area (Å²) in [5, 5.41) is 1.03. The maximum absolute atomic E-state index is 11.5. The molecule has 0 aliphatic carbocycles. The van der Waals surface area contributed by atoms with Crippen LogP contribution in [0.2, 0.25) is 10.0 Å². The van der Waals surface area contributed by atoms with Crippen molar-refractivity contribution in [2.45, 2.75) is 24.8 Å². The van der Waals surface area contributed by atoms with Crippen molar-refractivity contribution in [2.24, 2.45) is 0 Å². The summed E-state index contributed by atoms with van der Waals surface area (Å²) in [5.74, 6) is 1.83. The maximum Gasteiger partial charge on any atom is 0.203 e. The highest BCUT2D eigenvalue weighted by atomic mass is 35.5. The van der Waals surface area contributed by atoms with Gasteiger partial charge in [-0.1, -0.05) is 29.3 Å². The molecule has 0 N–H and O–H groups in total. The summed E-state index contributed by atoms with van der Waals surface area (Å²) in [6, 6.07) is 9.57. The van der Waals surface area contributed by atoms with Gasteiger partial charge in [-0.2, -0.15) is 0 Å². The second-order valence-corrected chi connectivity index (χ2v) is 8.09. The van der Waals surface area contributed by atoms with Crippen LogP contribution in [0.5, 0.6) is 17.2 Å². The Morgan fingerprint density at radius 1 is 1.03 bits per heavy atom. The van der Waals surface area contributed by atoms with E-state index in [1.54, 1.807) is 27.4 Å². The summed E-state index contributed by atoms with van der Waals surface area (Å²) in [7, 11) is 4.80. The minimum atomic E-state index is -0.267. The number of carbonyl (C=O) groups excluding carboxylic acids is 1. The Kier molecular flexibility index (Phi) is 6.93. The third-order valence-electron chi connectivity index (χ3n) is 5.57. The highest BCUT2D eigenvalue weighted by molar-refractivity contribution is 6.42. The van der Waals surface area contributed by atoms with Crippen LogP contribution in [0, 0.1) is 0 Å². The molecule has 1 fully saturated rings. The Hall–Kier alpha value is -1.95. The van der Waals surface area contributed by atoms with Gasteiger partial charge in [-0.25, -0.2) is 0 Å². The third-order valence-corrected chi connectivity index (χ3v) is 6.31. The minimum absolute atomic E-state index is 0.267. The molecule has 5 nitrogen and oxygen atoms in total. The second-order valence-electron chi connectivity index (χ2n) is 7.27. The fourth-order valence-electron chi connectivity index (χ4n) is 4.08. The Labute approximate surface area is 181 Å². The fraction of sp³-hybridized carbons (Fsp3) is 0.409. The molecule has 1 saturated heterocycles. The first-order valence-corrected chi connectivity index (χ1v) is 10.1. The van der Waals surface area contributed by atoms with Crippen molar-refractivity contribution in [3.8, 4) is 17.2 Å². The summed E-state index contributed by atoms with van der Waals surface area (Å²) in [6.07, 6.45) is 2.30. The van der Waals surface area contributed by atoms with E-state index in [1.165, 1.54) is 0 Å². The number of methoxy groups -OCH3 is 3. The number of ether oxygens (including phenoxy) is 3. The van der Waals surface area contributed by atoms with Crippen LogP contribution in [0.15, 0.2) is 30.3 Å². The molecule has 2 aromatic rings. The van der Waals surface area contributed by atoms with E-state index in [9.17, 15) is 4.79 Å². The molecule has 0 radical (unpaired) electrons. The van der Waals surface area contributed by atoms with Crippen LogP contribution in [0.1, 0.15) is 24.0 Å². The minimum Gasteiger partial charge on any atom is -0.493 e. The van der Waals surface area contributed by atoms with Crippen LogP contribution in [0.4, 0.5) is 0 Å². The zero-order valence-corrected chi connectivity index (χ0v) is 18.3. The van der Waals surface area contributed by atoms with Crippen molar-refractivity contribution in [1.29, 1.82) is 0 Å². The van der Waals surface area contributed by atoms with Gasteiger partial charge in [0.1, 0.15) is 6.29 Å². The van der Waals surface area contributed by atoms with E-state index in [0.29, 0.717) is 40.3 Å². The molecule has 0 spiro atoms. The first-order valence-electron chi connectivity index (χ1n) is 9.36. The molecule has 1 heterocycles. The van der Waals surface area contributed by atoms with E-state index in [0.717, 1.165) is 36.9 Å². The number of benzene rings is 2. The van der Waals surface area contributed by atoms with E-state index in [4.69, 9.17) is 37.4 Å². The average Bonchev–Trinajstić information content (AvgIpc) is 3.13. The number of hydrogen-bond donors (Lipinski definition) is 0. The number of rotatable bonds is 8. The van der Waals surface area contributed by atoms with Crippen LogP contribution in [0.25, 0.3) is 0 Å². The smallest absolute Gasteiger partial charge is 0.203 e. The van der Waals surface area contributed by atoms with Crippen molar-refractivity contribution in [2.75, 3.05) is 34.4 Å². The normalized spacial score (nSPS) is 19.2. The number of nitrogens with zero attached hydrogens (tertiary/aromatic N) is 1. The molecule has 3 rings (SSSR count). The molecule has 0 amide bonds. The van der Waals surface area contributed by atoms with Gasteiger partial charge in [0, 0.05) is 24.9 Å². The lowest BCUT2D eigenvalue weighted by atomic mass is 9.77. The van der Waals surface area contributed by atoms with Crippen LogP contribution < -0.4 is 14.2 Å². The lowest BCUT2D eigenvalue weighted by Gasteiger charge is -2.29. The summed E-state index contributed by atoms with van der Waals surface area (Å²) >= 11 is 12.3. The van der Waals surface area contributed by atoms with Gasteiger partial charge in [0.05, 0.1) is 31.4 Å². The average molecular weight is 438 g/mol. The van der Waals surface area contributed by atoms with Gasteiger partial charge in [0.15, 0.2) is 11.5 Å². The predicted molar refractivity (Wildman–Crippen MR) is 115 cm³/mol. The van der Waals surface area contributed by atoms with E-state index in [2.05, 4.69) is 4.90 Å². The molecule has 2 aromatic carbocycles. The molecule has 1 atom stereocenters. The van der Waals surface area contributed by atoms with Gasteiger partial charge in [-0.05, 0) is 48.4 Å². The van der Waals surface area contributed by atoms with Crippen molar-refractivity contribution < 1.29 is 19.0 Å². The molecule has 29 heavy (non-hydrogen) atoms. The summed E-state index contributed by atoms with van der Waals surface area (Å²) in [6.45, 7) is 2.32. The molecular weight excluding hydrogens is 413 g/mol. The number of likely N-dealkylation sites (tertiary alicyclic amines) is 1. The van der Waals surface area contributed by atoms with E-state index >= 15 is 0 Å². The van der Waals surface area contributed by atoms with Gasteiger partial charge in [0.2, 0.25) is 5.75 Å². The molecule has 1 unspecified atom stereocenters. The largest absolute Gasteiger partial charge is 0.493 e. The molecule has 156 valence electrons. The lowest BCUT2D eigenvalue weighted by Crippen LogP contribution is -2.31. The highest BCUT2D eigenvalue weighted by Crippen LogP contribution is 2.42. The van der Waals surface area contributed by atoms with Crippen LogP contribution in [0.3, 0.4) is 0 Å². The number of halogens is 2. The van der Waals surface area contributed by atoms with E-state index in [-0.39, 0.29) is 5.41 Å². The van der Waals surface area contributed by atoms with Gasteiger partial charge in [-0.15, -0.1) is 0 Å². The fourth-order valence-corrected chi connectivity index (χ4v) is 4.38. The topological polar surface area (TPSA) is 48.0 Å². The van der Waals surface area contributed by atoms with Crippen molar-refractivity contribution in [1.82, 2.24) is 4.90 Å². The van der Waals surface area contributed by atoms with Gasteiger partial charge in [0.25, 0.3) is 0 Å². The molecule has 7 heteroatoms. The number of carbonyl (C=O) groups is 1. The number of aldehydes is 1. The zero-order valence-electron chi connectivity index (χ0n) is 16.8. The molecule has 0 bridgehead atoms. The molecule has 0 saturated carbocycles. The second kappa shape index (κ2) is 9.24. The highest BCUT2D eigenvalue weighted by Gasteiger charge is 2.39. The molecular formula is C22H25Cl2NO4. The standard InChI is InChI=1S/C22H25Cl2NO4/c1-27-19-10-15(11-20(28-2)21(19)29-3)13-25-8-6-22(14-25,7-9-26)16-4-5-17(23)18(24)12-16/h4-5,9-12H,6-8,13-14H2,1-3H3. The van der Waals surface area contributed by atoms with Crippen LogP contribution in [-0.4, -0.2) is 45.6 Å². The van der Waals surface area contributed by atoms with Gasteiger partial charge in [-0.3, -0.25) is 4.90 Å². The molecule has 1 aliphatic rings. The van der Waals surface area contributed by atoms with E-state index < -0.39 is 0 Å². The monoisotopic (exact) mass is 437 g/mol. The maximum atomic E-state index is 11.5. The molecule has 1 aliphatic heterocycles. The Morgan fingerprint density at radius 3 is 2.28 bits per heavy atom. The first kappa shape index (κ1) is 21.8. The predicted octanol–water partition coefficient (Wildman–Crippen LogP) is 4.75. The lowest BCUT2D eigenvalue weighted by molar-refractivity contribution is -0.108. The summed E-state index contributed by atoms with van der Waals surface area (Å²) in [5.41, 5.74) is 1.83. The molecule has 0 aromatic heterocycles. The SMILES string of the molecule is COc1cc(CN2CCC(CC=O)(c3ccc(Cl)c(Cl)c3)C2)cc(OC)c1OC. The van der Waals surface area contributed by atoms with Gasteiger partial charge < -0.3 is 19.0 Å². The Balaban J connectivity index is 1.85. The zero-order chi connectivity index (χ0) is 21.0. The van der Waals surface area contributed by atoms with Crippen LogP contribution >= 0.6 is 23.2 Å². The third kappa shape index (κ3) is 4.47. The summed E-state index contributed by atoms with van der Waals surface area (Å²) in [4.78, 5) is 13.8. The van der Waals surface area contributed by atoms with Gasteiger partial charge >= 0.3 is 0 Å². The van der Waals surface area contributed by atoms with Crippen molar-refractivity contribution in [3.05, 3.63) is 51.5 Å². The van der Waals surface area contributed by atoms with E-state index in [1.807, 2.05) is 24.3 Å². The number of hydrogen-bond acceptors (Lipinski definition) is 5. The quantitative estimate of drug-likeness (QED) is 0.557. The Morgan fingerprint density at radius 2 is 1.72 bits per heavy atom. The first-order chi connectivity index (χ1) is 14.0. The van der Waals surface area contributed by atoms with Crippen molar-refractivity contribution >= 4 is 29.5 Å². The van der Waals surface area contributed by atoms with Crippen LogP contribution in [-0.2, 0) is 16.8 Å².